The molecule has 0 unspecified atom stereocenters. The van der Waals surface area contributed by atoms with E-state index in [4.69, 9.17) is 90.4 Å². The van der Waals surface area contributed by atoms with Crippen LogP contribution in [0.25, 0.3) is 0 Å². The summed E-state index contributed by atoms with van der Waals surface area (Å²) >= 11 is 0. The zero-order valence-electron chi connectivity index (χ0n) is 46.9. The Morgan fingerprint density at radius 3 is 0.447 bits per heavy atom. The van der Waals surface area contributed by atoms with Gasteiger partial charge in [-0.1, -0.05) is 0 Å². The molecule has 0 aliphatic rings. The van der Waals surface area contributed by atoms with Gasteiger partial charge in [0.25, 0.3) is 0 Å². The summed E-state index contributed by atoms with van der Waals surface area (Å²) in [4.78, 5) is 0. The summed E-state index contributed by atoms with van der Waals surface area (Å²) < 4.78 is 328. The van der Waals surface area contributed by atoms with Gasteiger partial charge in [0.15, 0.2) is 0 Å². The molecule has 0 atom stereocenters. The van der Waals surface area contributed by atoms with Crippen molar-refractivity contribution in [1.82, 2.24) is 0 Å². The molecule has 0 spiro atoms. The van der Waals surface area contributed by atoms with Gasteiger partial charge in [-0.15, -0.1) is 0 Å². The van der Waals surface area contributed by atoms with Gasteiger partial charge in [-0.05, 0) is 0 Å². The van der Waals surface area contributed by atoms with Crippen LogP contribution in [0.2, 0.25) is 0 Å². The van der Waals surface area contributed by atoms with Crippen molar-refractivity contribution in [3.63, 3.8) is 0 Å². The predicted octanol–water partition coefficient (Wildman–Crippen LogP) is 5.69. The van der Waals surface area contributed by atoms with E-state index in [0.29, 0.717) is 185 Å². The van der Waals surface area contributed by atoms with Crippen molar-refractivity contribution in [3.05, 3.63) is 0 Å². The first-order valence-corrected chi connectivity index (χ1v) is 26.6. The standard InChI is InChI=1S/C48H81F17O20/c49-41(50,42(51,52)43(53,54)44(55,56)45(57,58)46(59,60)47(61,62)48(63,64)65)1-3-67-5-7-69-9-11-71-13-15-73-17-19-75-21-23-77-25-27-79-29-31-81-33-35-83-37-39-85-40-38-84-36-34-82-32-30-80-28-26-78-24-22-76-20-18-74-16-14-72-12-10-70-8-6-68-4-2-66/h66H,1-40H2. The third-order valence-corrected chi connectivity index (χ3v) is 10.3. The van der Waals surface area contributed by atoms with Crippen LogP contribution in [0.5, 0.6) is 0 Å². The lowest BCUT2D eigenvalue weighted by atomic mass is 9.88. The van der Waals surface area contributed by atoms with Gasteiger partial charge in [-0.3, -0.25) is 0 Å². The van der Waals surface area contributed by atoms with Gasteiger partial charge in [-0.2, -0.15) is 74.6 Å². The van der Waals surface area contributed by atoms with E-state index in [9.17, 15) is 74.6 Å². The average molecular weight is 1300 g/mol. The summed E-state index contributed by atoms with van der Waals surface area (Å²) in [5.74, 6) is -56.6. The van der Waals surface area contributed by atoms with E-state index >= 15 is 0 Å². The van der Waals surface area contributed by atoms with Crippen LogP contribution in [0.1, 0.15) is 6.42 Å². The second kappa shape index (κ2) is 48.8. The maximum absolute atomic E-state index is 13.9. The molecule has 37 heteroatoms. The molecule has 0 aromatic rings. The lowest BCUT2D eigenvalue weighted by Gasteiger charge is -2.42. The number of aliphatic hydroxyl groups excluding tert-OH is 1. The van der Waals surface area contributed by atoms with Gasteiger partial charge in [0.1, 0.15) is 0 Å². The fourth-order valence-corrected chi connectivity index (χ4v) is 5.68. The number of ether oxygens (including phenoxy) is 19. The molecule has 512 valence electrons. The van der Waals surface area contributed by atoms with Gasteiger partial charge in [-0.25, -0.2) is 0 Å². The zero-order chi connectivity index (χ0) is 63.7. The Labute approximate surface area is 481 Å². The van der Waals surface area contributed by atoms with E-state index in [1.807, 2.05) is 0 Å². The molecule has 0 saturated carbocycles. The minimum absolute atomic E-state index is 0.00515. The molecule has 0 aromatic heterocycles. The highest BCUT2D eigenvalue weighted by atomic mass is 19.4. The van der Waals surface area contributed by atoms with Gasteiger partial charge in [0, 0.05) is 6.42 Å². The van der Waals surface area contributed by atoms with Crippen LogP contribution in [-0.2, 0) is 90.0 Å². The Kier molecular flexibility index (Phi) is 47.7. The first-order chi connectivity index (χ1) is 40.3. The first kappa shape index (κ1) is 83.0. The summed E-state index contributed by atoms with van der Waals surface area (Å²) in [6.45, 7) is 9.18. The third kappa shape index (κ3) is 35.3. The zero-order valence-corrected chi connectivity index (χ0v) is 46.9. The number of aliphatic hydroxyl groups is 1. The maximum atomic E-state index is 13.9. The van der Waals surface area contributed by atoms with Crippen LogP contribution in [0.15, 0.2) is 0 Å². The Balaban J connectivity index is 3.51. The monoisotopic (exact) mass is 1300 g/mol. The molecule has 0 aliphatic heterocycles. The highest BCUT2D eigenvalue weighted by Gasteiger charge is 2.95. The third-order valence-electron chi connectivity index (χ3n) is 10.3. The minimum atomic E-state index is -8.67. The molecule has 1 N–H and O–H groups in total. The number of alkyl halides is 17. The van der Waals surface area contributed by atoms with Crippen molar-refractivity contribution in [2.75, 3.05) is 258 Å². The molecule has 0 amide bonds. The summed E-state index contributed by atoms with van der Waals surface area (Å²) in [5.41, 5.74) is 0. The minimum Gasteiger partial charge on any atom is -0.394 e. The van der Waals surface area contributed by atoms with Crippen molar-refractivity contribution in [2.45, 2.75) is 54.1 Å². The number of hydrogen-bond acceptors (Lipinski definition) is 20. The van der Waals surface area contributed by atoms with Crippen molar-refractivity contribution in [2.24, 2.45) is 0 Å². The van der Waals surface area contributed by atoms with Gasteiger partial charge in [0.2, 0.25) is 0 Å². The fourth-order valence-electron chi connectivity index (χ4n) is 5.68. The molecule has 0 saturated heterocycles. The Morgan fingerprint density at radius 2 is 0.294 bits per heavy atom. The molecule has 0 radical (unpaired) electrons. The van der Waals surface area contributed by atoms with E-state index in [1.165, 1.54) is 0 Å². The number of halogens is 17. The van der Waals surface area contributed by atoms with Crippen LogP contribution in [0.4, 0.5) is 74.6 Å². The fraction of sp³-hybridized carbons (Fsp3) is 1.00. The highest BCUT2D eigenvalue weighted by Crippen LogP contribution is 2.64. The molecule has 0 fully saturated rings. The number of hydrogen-bond donors (Lipinski definition) is 1. The molecule has 85 heavy (non-hydrogen) atoms. The van der Waals surface area contributed by atoms with Gasteiger partial charge >= 0.3 is 47.6 Å². The molecule has 0 bridgehead atoms. The molecular weight excluding hydrogens is 1220 g/mol. The van der Waals surface area contributed by atoms with Crippen molar-refractivity contribution in [1.29, 1.82) is 0 Å². The van der Waals surface area contributed by atoms with E-state index < -0.39 is 73.9 Å². The quantitative estimate of drug-likeness (QED) is 0.0575. The van der Waals surface area contributed by atoms with E-state index in [-0.39, 0.29) is 52.9 Å². The molecule has 20 nitrogen and oxygen atoms in total. The van der Waals surface area contributed by atoms with Crippen molar-refractivity contribution in [3.8, 4) is 0 Å². The van der Waals surface area contributed by atoms with Gasteiger partial charge in [0.05, 0.1) is 258 Å². The molecule has 0 rings (SSSR count). The lowest BCUT2D eigenvalue weighted by Crippen LogP contribution is -2.74. The SMILES string of the molecule is OCCOCCOCCOCCOCCOCCOCCOCCOCCOCCOCCOCCOCCOCCOCCOCCOCCOCCOCCOCCC(F)(F)C(F)(F)C(F)(F)C(F)(F)C(F)(F)C(F)(F)C(F)(F)C(F)(F)F. The lowest BCUT2D eigenvalue weighted by molar-refractivity contribution is -0.462. The summed E-state index contributed by atoms with van der Waals surface area (Å²) in [5, 5.41) is 8.60. The number of rotatable bonds is 65. The van der Waals surface area contributed by atoms with E-state index in [0.717, 1.165) is 0 Å². The van der Waals surface area contributed by atoms with E-state index in [2.05, 4.69) is 4.74 Å². The van der Waals surface area contributed by atoms with Crippen LogP contribution in [-0.4, -0.2) is 310 Å². The average Bonchev–Trinajstić information content (AvgIpc) is 0.912. The molecule has 0 aliphatic carbocycles. The van der Waals surface area contributed by atoms with E-state index in [1.54, 1.807) is 0 Å². The first-order valence-electron chi connectivity index (χ1n) is 26.6. The second-order valence-electron chi connectivity index (χ2n) is 16.8. The van der Waals surface area contributed by atoms with Crippen LogP contribution < -0.4 is 0 Å². The predicted molar refractivity (Wildman–Crippen MR) is 258 cm³/mol. The Bertz CT molecular complexity index is 1530. The largest absolute Gasteiger partial charge is 0.460 e. The van der Waals surface area contributed by atoms with Gasteiger partial charge < -0.3 is 95.1 Å². The Morgan fingerprint density at radius 1 is 0.165 bits per heavy atom. The highest BCUT2D eigenvalue weighted by molar-refractivity contribution is 5.15. The van der Waals surface area contributed by atoms with Crippen molar-refractivity contribution < 1.29 is 170 Å². The summed E-state index contributed by atoms with van der Waals surface area (Å²) in [6, 6.07) is 0. The smallest absolute Gasteiger partial charge is 0.394 e. The summed E-state index contributed by atoms with van der Waals surface area (Å²) in [7, 11) is 0. The molecular formula is C48H81F17O20. The van der Waals surface area contributed by atoms with Crippen molar-refractivity contribution >= 4 is 0 Å². The summed E-state index contributed by atoms with van der Waals surface area (Å²) in [6.07, 6.45) is -10.5. The Hall–Kier alpha value is -1.99. The van der Waals surface area contributed by atoms with Crippen LogP contribution >= 0.6 is 0 Å². The molecule has 0 heterocycles. The van der Waals surface area contributed by atoms with Crippen LogP contribution in [0, 0.1) is 0 Å². The second-order valence-corrected chi connectivity index (χ2v) is 16.8. The van der Waals surface area contributed by atoms with Crippen LogP contribution in [0.3, 0.4) is 0 Å². The normalized spacial score (nSPS) is 13.5. The topological polar surface area (TPSA) is 196 Å². The molecule has 0 aromatic carbocycles. The maximum Gasteiger partial charge on any atom is 0.460 e.